The first-order valence-electron chi connectivity index (χ1n) is 48.9. The summed E-state index contributed by atoms with van der Waals surface area (Å²) in [5, 5.41) is 95.8. The molecule has 0 saturated carbocycles. The molecule has 0 aromatic carbocycles. The maximum Gasteiger partial charge on any atom is 0.306 e. The lowest BCUT2D eigenvalue weighted by Crippen LogP contribution is -2.68. The summed E-state index contributed by atoms with van der Waals surface area (Å²) in [6.45, 7) is 14.5. The van der Waals surface area contributed by atoms with Crippen LogP contribution in [0.15, 0.2) is 0 Å². The molecule has 0 radical (unpaired) electrons. The standard InChI is InChI=1S/C94H170O26/c1-9-13-17-20-23-26-29-32-35-38-43-48-54-60-71(95)107-64-70-76(100)77(101)80(104)91(113-70)120-88-85(118-90-81(105)79(103)83(66(6)109-90)114-72(96)61-55-49-44-39-36-33-30-27-24-21-18-14-10-2)68(8)111-94(89(88)116-74(98)63-57-50-45-40-37-34-31-28-25-22-19-15-11-3)117-84-67(7)110-93-87(82(84)106)115-73(97)62-56-51-46-41-42-47-53-59-69(58-52-16-12-4)112-92-86(119-93)78(102)75(99)65(5)108-92/h65-70,75-94,99-106H,9-64H2,1-8H3/t65-,66-,67-,68-,69+,70-,75-,76-,77+,78-,79-,80-,81-,82+,83-,84-,85-,86-,87+,88+,89-,90+,91+,92-,93+,94+/m0/s1. The lowest BCUT2D eigenvalue weighted by Gasteiger charge is -2.51. The molecule has 0 amide bonds. The SMILES string of the molecule is CCCCCCCCCCCCCCCC(=O)OC[C@@H]1O[C@H](O[C@H]2[C@H](OC(=O)CCCCCCCCCCCCCCC)[C@@H](O[C@@H]3[C@@H](O)[C@H]4OC(=O)CCCCCCCCC[C@@H](CCCCC)O[C@@H]5O[C@@H](C)[C@H](O)[C@H](O)[C@@H]5O[C@H]4O[C@H]3C)O[C@@H](C)[C@@H]2O[C@H]2O[C@@H](C)[C@H](OC(=O)CCCCCCCCCCCCCCC)[C@@H](O)[C@@H]2O)[C@@H](O)[C@H](O)[C@H]1O. The number of hydrogen-bond donors (Lipinski definition) is 8. The van der Waals surface area contributed by atoms with Gasteiger partial charge in [-0.05, 0) is 66.2 Å². The number of aliphatic hydroxyl groups excluding tert-OH is 8. The van der Waals surface area contributed by atoms with Gasteiger partial charge in [0.05, 0.1) is 30.5 Å². The van der Waals surface area contributed by atoms with Crippen molar-refractivity contribution in [3.05, 3.63) is 0 Å². The summed E-state index contributed by atoms with van der Waals surface area (Å²) in [5.74, 6) is -2.63. The van der Waals surface area contributed by atoms with E-state index in [9.17, 15) is 60.0 Å². The van der Waals surface area contributed by atoms with Crippen LogP contribution in [0.2, 0.25) is 0 Å². The highest BCUT2D eigenvalue weighted by molar-refractivity contribution is 5.70. The highest BCUT2D eigenvalue weighted by Crippen LogP contribution is 2.40. The van der Waals surface area contributed by atoms with Gasteiger partial charge in [-0.2, -0.15) is 0 Å². The monoisotopic (exact) mass is 1720 g/mol. The van der Waals surface area contributed by atoms with Gasteiger partial charge in [-0.15, -0.1) is 0 Å². The molecular formula is C94H170O26. The minimum Gasteiger partial charge on any atom is -0.463 e. The second-order valence-electron chi connectivity index (χ2n) is 36.0. The first kappa shape index (κ1) is 106. The van der Waals surface area contributed by atoms with Crippen molar-refractivity contribution in [2.75, 3.05) is 6.61 Å². The highest BCUT2D eigenvalue weighted by Gasteiger charge is 2.59. The smallest absolute Gasteiger partial charge is 0.306 e. The largest absolute Gasteiger partial charge is 0.463 e. The second kappa shape index (κ2) is 62.4. The fourth-order valence-corrected chi connectivity index (χ4v) is 17.6. The van der Waals surface area contributed by atoms with E-state index in [-0.39, 0.29) is 31.8 Å². The van der Waals surface area contributed by atoms with E-state index in [0.29, 0.717) is 44.9 Å². The number of unbranched alkanes of at least 4 members (excludes halogenated alkanes) is 38. The fourth-order valence-electron chi connectivity index (χ4n) is 17.6. The van der Waals surface area contributed by atoms with Crippen LogP contribution in [0.5, 0.6) is 0 Å². The van der Waals surface area contributed by atoms with Crippen molar-refractivity contribution in [1.82, 2.24) is 0 Å². The molecule has 26 atom stereocenters. The average molecular weight is 1720 g/mol. The van der Waals surface area contributed by atoms with E-state index in [1.807, 2.05) is 0 Å². The number of aliphatic hydroxyl groups is 8. The molecule has 120 heavy (non-hydrogen) atoms. The van der Waals surface area contributed by atoms with Crippen molar-refractivity contribution in [1.29, 1.82) is 0 Å². The van der Waals surface area contributed by atoms with Crippen LogP contribution in [0, 0.1) is 0 Å². The van der Waals surface area contributed by atoms with Crippen LogP contribution in [0.4, 0.5) is 0 Å². The number of fused-ring (bicyclic) bond motifs is 2. The van der Waals surface area contributed by atoms with Crippen LogP contribution in [0.3, 0.4) is 0 Å². The van der Waals surface area contributed by atoms with Crippen LogP contribution in [0.25, 0.3) is 0 Å². The zero-order chi connectivity index (χ0) is 86.8. The Hall–Kier alpha value is -2.84. The Morgan fingerprint density at radius 2 is 0.700 bits per heavy atom. The summed E-state index contributed by atoms with van der Waals surface area (Å²) < 4.78 is 90.4. The van der Waals surface area contributed by atoms with Crippen molar-refractivity contribution in [2.24, 2.45) is 0 Å². The Kier molecular flexibility index (Phi) is 55.1. The highest BCUT2D eigenvalue weighted by atomic mass is 16.8. The molecule has 702 valence electrons. The number of esters is 4. The molecule has 6 fully saturated rings. The third-order valence-electron chi connectivity index (χ3n) is 25.4. The molecule has 0 spiro atoms. The summed E-state index contributed by atoms with van der Waals surface area (Å²) in [4.78, 5) is 56.0. The van der Waals surface area contributed by atoms with Crippen LogP contribution in [0.1, 0.15) is 409 Å². The number of ether oxygens (including phenoxy) is 14. The molecule has 0 aliphatic carbocycles. The lowest BCUT2D eigenvalue weighted by molar-refractivity contribution is -0.400. The van der Waals surface area contributed by atoms with Gasteiger partial charge in [-0.1, -0.05) is 317 Å². The quantitative estimate of drug-likeness (QED) is 0.0159. The van der Waals surface area contributed by atoms with Gasteiger partial charge in [0.2, 0.25) is 0 Å². The van der Waals surface area contributed by atoms with Crippen molar-refractivity contribution in [3.8, 4) is 0 Å². The molecule has 0 bridgehead atoms. The van der Waals surface area contributed by atoms with Gasteiger partial charge in [-0.25, -0.2) is 0 Å². The van der Waals surface area contributed by atoms with E-state index in [0.717, 1.165) is 141 Å². The lowest BCUT2D eigenvalue weighted by atomic mass is 9.95. The number of carbonyl (C=O) groups is 4. The Morgan fingerprint density at radius 1 is 0.317 bits per heavy atom. The zero-order valence-electron chi connectivity index (χ0n) is 75.5. The van der Waals surface area contributed by atoms with E-state index in [1.54, 1.807) is 20.8 Å². The topological polar surface area (TPSA) is 359 Å². The molecule has 26 nitrogen and oxygen atoms in total. The summed E-state index contributed by atoms with van der Waals surface area (Å²) in [6, 6.07) is 0. The molecule has 8 N–H and O–H groups in total. The molecule has 0 unspecified atom stereocenters. The van der Waals surface area contributed by atoms with E-state index in [1.165, 1.54) is 148 Å². The molecule has 6 saturated heterocycles. The van der Waals surface area contributed by atoms with Gasteiger partial charge in [-0.3, -0.25) is 19.2 Å². The Balaban J connectivity index is 1.28. The van der Waals surface area contributed by atoms with Gasteiger partial charge in [0.1, 0.15) is 86.0 Å². The van der Waals surface area contributed by atoms with Gasteiger partial charge in [0.25, 0.3) is 0 Å². The normalized spacial score (nSPS) is 33.1. The number of carbonyl (C=O) groups excluding carboxylic acids is 4. The fraction of sp³-hybridized carbons (Fsp3) is 0.957. The Labute approximate surface area is 721 Å². The molecule has 6 aliphatic rings. The minimum absolute atomic E-state index is 0.0430. The van der Waals surface area contributed by atoms with Crippen LogP contribution < -0.4 is 0 Å². The summed E-state index contributed by atoms with van der Waals surface area (Å²) in [5.41, 5.74) is 0. The van der Waals surface area contributed by atoms with Crippen molar-refractivity contribution >= 4 is 23.9 Å². The maximum absolute atomic E-state index is 14.8. The van der Waals surface area contributed by atoms with Crippen LogP contribution in [-0.4, -0.2) is 231 Å². The molecule has 0 aromatic heterocycles. The van der Waals surface area contributed by atoms with E-state index in [4.69, 9.17) is 66.3 Å². The van der Waals surface area contributed by atoms with Crippen molar-refractivity contribution in [3.63, 3.8) is 0 Å². The molecule has 6 rings (SSSR count). The van der Waals surface area contributed by atoms with E-state index < -0.39 is 184 Å². The average Bonchev–Trinajstić information content (AvgIpc) is 0.763. The first-order chi connectivity index (χ1) is 58.1. The first-order valence-corrected chi connectivity index (χ1v) is 48.9. The van der Waals surface area contributed by atoms with Gasteiger partial charge >= 0.3 is 23.9 Å². The zero-order valence-corrected chi connectivity index (χ0v) is 75.5. The number of hydrogen-bond acceptors (Lipinski definition) is 26. The van der Waals surface area contributed by atoms with E-state index in [2.05, 4.69) is 27.7 Å². The van der Waals surface area contributed by atoms with Crippen molar-refractivity contribution < 1.29 is 126 Å². The maximum atomic E-state index is 14.8. The number of rotatable bonds is 56. The third kappa shape index (κ3) is 39.0. The van der Waals surface area contributed by atoms with Crippen LogP contribution >= 0.6 is 0 Å². The minimum atomic E-state index is -2.06. The second-order valence-corrected chi connectivity index (χ2v) is 36.0. The summed E-state index contributed by atoms with van der Waals surface area (Å²) in [6.07, 6.45) is 12.4. The predicted molar refractivity (Wildman–Crippen MR) is 456 cm³/mol. The third-order valence-corrected chi connectivity index (χ3v) is 25.4. The molecule has 6 heterocycles. The van der Waals surface area contributed by atoms with Crippen LogP contribution in [-0.2, 0) is 85.5 Å². The Morgan fingerprint density at radius 3 is 1.21 bits per heavy atom. The molecule has 6 aliphatic heterocycles. The predicted octanol–water partition coefficient (Wildman–Crippen LogP) is 16.3. The van der Waals surface area contributed by atoms with E-state index >= 15 is 0 Å². The van der Waals surface area contributed by atoms with Crippen molar-refractivity contribution in [2.45, 2.75) is 568 Å². The molecule has 26 heteroatoms. The van der Waals surface area contributed by atoms with Gasteiger partial charge in [0, 0.05) is 25.7 Å². The summed E-state index contributed by atoms with van der Waals surface area (Å²) in [7, 11) is 0. The Bertz CT molecular complexity index is 2630. The molecule has 0 aromatic rings. The van der Waals surface area contributed by atoms with Gasteiger partial charge in [0.15, 0.2) is 49.8 Å². The van der Waals surface area contributed by atoms with Gasteiger partial charge < -0.3 is 107 Å². The summed E-state index contributed by atoms with van der Waals surface area (Å²) >= 11 is 0. The molecular weight excluding hydrogens is 1550 g/mol.